The Hall–Kier alpha value is -3.00. The minimum Gasteiger partial charge on any atom is -0.477 e. The molecule has 24 heavy (non-hydrogen) atoms. The number of aromatic nitrogens is 1. The smallest absolute Gasteiger partial charge is 0.366 e. The molecule has 0 saturated carbocycles. The lowest BCUT2D eigenvalue weighted by atomic mass is 10.1. The van der Waals surface area contributed by atoms with E-state index in [1.165, 1.54) is 24.3 Å². The van der Waals surface area contributed by atoms with Crippen LogP contribution in [0.25, 0.3) is 0 Å². The second-order valence-corrected chi connectivity index (χ2v) is 5.38. The molecule has 1 aromatic heterocycles. The number of pyridine rings is 1. The first-order valence-electron chi connectivity index (χ1n) is 6.83. The number of carbonyl (C=O) groups excluding carboxylic acids is 2. The first kappa shape index (κ1) is 15.9. The fourth-order valence-corrected chi connectivity index (χ4v) is 2.33. The van der Waals surface area contributed by atoms with Crippen molar-refractivity contribution in [2.45, 2.75) is 0 Å². The van der Waals surface area contributed by atoms with Gasteiger partial charge in [0.2, 0.25) is 0 Å². The van der Waals surface area contributed by atoms with Crippen molar-refractivity contribution >= 4 is 34.9 Å². The number of amides is 1. The van der Waals surface area contributed by atoms with Gasteiger partial charge >= 0.3 is 5.82 Å². The number of halogens is 1. The third-order valence-corrected chi connectivity index (χ3v) is 3.64. The average molecular weight is 348 g/mol. The summed E-state index contributed by atoms with van der Waals surface area (Å²) in [5.74, 6) is -1.11. The van der Waals surface area contributed by atoms with Crippen LogP contribution in [-0.4, -0.2) is 34.7 Å². The maximum absolute atomic E-state index is 12.4. The summed E-state index contributed by atoms with van der Waals surface area (Å²) in [6, 6.07) is 8.73. The van der Waals surface area contributed by atoms with Crippen LogP contribution in [0.1, 0.15) is 10.4 Å². The lowest BCUT2D eigenvalue weighted by Gasteiger charge is -2.24. The summed E-state index contributed by atoms with van der Waals surface area (Å²) in [5, 5.41) is 11.4. The fourth-order valence-electron chi connectivity index (χ4n) is 2.20. The number of nitrogens with zero attached hydrogens (tertiary/aromatic N) is 3. The first-order chi connectivity index (χ1) is 11.5. The molecule has 1 aliphatic rings. The Morgan fingerprint density at radius 3 is 2.67 bits per heavy atom. The molecule has 2 heterocycles. The van der Waals surface area contributed by atoms with E-state index in [9.17, 15) is 19.7 Å². The van der Waals surface area contributed by atoms with Gasteiger partial charge in [0.1, 0.15) is 0 Å². The zero-order valence-corrected chi connectivity index (χ0v) is 12.9. The van der Waals surface area contributed by atoms with Crippen LogP contribution in [0.15, 0.2) is 36.4 Å². The van der Waals surface area contributed by atoms with E-state index in [0.29, 0.717) is 10.6 Å². The SMILES string of the molecule is O=C(CN1C(=O)COc2ccc([N+](=O)[O-])nc21)c1ccc(Cl)cc1. The molecule has 0 aliphatic carbocycles. The van der Waals surface area contributed by atoms with E-state index in [1.807, 2.05) is 0 Å². The van der Waals surface area contributed by atoms with E-state index in [-0.39, 0.29) is 30.5 Å². The lowest BCUT2D eigenvalue weighted by molar-refractivity contribution is -0.389. The van der Waals surface area contributed by atoms with Gasteiger partial charge in [-0.25, -0.2) is 0 Å². The number of Topliss-reactive ketones (excluding diaryl/α,β-unsaturated/α-hetero) is 1. The summed E-state index contributed by atoms with van der Waals surface area (Å²) in [5.41, 5.74) is 0.366. The molecular formula is C15H10ClN3O5. The van der Waals surface area contributed by atoms with Crippen molar-refractivity contribution in [1.82, 2.24) is 4.98 Å². The number of ketones is 1. The van der Waals surface area contributed by atoms with Gasteiger partial charge < -0.3 is 14.9 Å². The van der Waals surface area contributed by atoms with Crippen LogP contribution >= 0.6 is 11.6 Å². The molecule has 8 nitrogen and oxygen atoms in total. The van der Waals surface area contributed by atoms with Gasteiger partial charge in [-0.15, -0.1) is 0 Å². The van der Waals surface area contributed by atoms with E-state index in [1.54, 1.807) is 12.1 Å². The van der Waals surface area contributed by atoms with Crippen LogP contribution in [0.5, 0.6) is 5.75 Å². The van der Waals surface area contributed by atoms with E-state index in [2.05, 4.69) is 4.98 Å². The van der Waals surface area contributed by atoms with Gasteiger partial charge in [0, 0.05) is 16.7 Å². The quantitative estimate of drug-likeness (QED) is 0.477. The molecule has 0 spiro atoms. The summed E-state index contributed by atoms with van der Waals surface area (Å²) in [6.45, 7) is -0.564. The molecule has 0 radical (unpaired) electrons. The first-order valence-corrected chi connectivity index (χ1v) is 7.21. The molecule has 0 atom stereocenters. The molecule has 122 valence electrons. The molecule has 0 N–H and O–H groups in total. The second kappa shape index (κ2) is 6.25. The average Bonchev–Trinajstić information content (AvgIpc) is 2.57. The van der Waals surface area contributed by atoms with Crippen molar-refractivity contribution in [3.05, 3.63) is 57.1 Å². The highest BCUT2D eigenvalue weighted by molar-refractivity contribution is 6.30. The summed E-state index contributed by atoms with van der Waals surface area (Å²) in [6.07, 6.45) is 0. The van der Waals surface area contributed by atoms with Gasteiger partial charge in [0.25, 0.3) is 11.7 Å². The van der Waals surface area contributed by atoms with Crippen molar-refractivity contribution < 1.29 is 19.2 Å². The Morgan fingerprint density at radius 1 is 1.29 bits per heavy atom. The van der Waals surface area contributed by atoms with Crippen LogP contribution < -0.4 is 9.64 Å². The molecule has 0 bridgehead atoms. The summed E-state index contributed by atoms with van der Waals surface area (Å²) >= 11 is 5.78. The van der Waals surface area contributed by atoms with Crippen LogP contribution in [-0.2, 0) is 4.79 Å². The van der Waals surface area contributed by atoms with Gasteiger partial charge in [-0.2, -0.15) is 0 Å². The molecule has 9 heteroatoms. The molecule has 0 unspecified atom stereocenters. The Balaban J connectivity index is 1.92. The van der Waals surface area contributed by atoms with E-state index in [0.717, 1.165) is 4.90 Å². The molecule has 1 aromatic carbocycles. The minimum absolute atomic E-state index is 0.0391. The molecule has 2 aromatic rings. The van der Waals surface area contributed by atoms with Crippen molar-refractivity contribution in [1.29, 1.82) is 0 Å². The number of hydrogen-bond donors (Lipinski definition) is 0. The maximum Gasteiger partial charge on any atom is 0.366 e. The summed E-state index contributed by atoms with van der Waals surface area (Å²) < 4.78 is 5.20. The van der Waals surface area contributed by atoms with Gasteiger partial charge in [-0.3, -0.25) is 14.5 Å². The molecular weight excluding hydrogens is 338 g/mol. The molecule has 1 amide bonds. The lowest BCUT2D eigenvalue weighted by Crippen LogP contribution is -2.42. The Morgan fingerprint density at radius 2 is 2.00 bits per heavy atom. The highest BCUT2D eigenvalue weighted by Crippen LogP contribution is 2.32. The van der Waals surface area contributed by atoms with E-state index >= 15 is 0 Å². The Kier molecular flexibility index (Phi) is 4.13. The second-order valence-electron chi connectivity index (χ2n) is 4.95. The number of benzene rings is 1. The summed E-state index contributed by atoms with van der Waals surface area (Å²) in [4.78, 5) is 39.5. The molecule has 1 aliphatic heterocycles. The number of anilines is 1. The van der Waals surface area contributed by atoms with E-state index < -0.39 is 16.6 Å². The maximum atomic E-state index is 12.4. The Bertz CT molecular complexity index is 838. The normalized spacial score (nSPS) is 13.2. The van der Waals surface area contributed by atoms with Gasteiger partial charge in [0.15, 0.2) is 18.1 Å². The van der Waals surface area contributed by atoms with Gasteiger partial charge in [-0.1, -0.05) is 11.6 Å². The number of carbonyl (C=O) groups is 2. The van der Waals surface area contributed by atoms with Crippen molar-refractivity contribution in [2.24, 2.45) is 0 Å². The summed E-state index contributed by atoms with van der Waals surface area (Å²) in [7, 11) is 0. The van der Waals surface area contributed by atoms with Crippen molar-refractivity contribution in [2.75, 3.05) is 18.1 Å². The van der Waals surface area contributed by atoms with Crippen LogP contribution in [0, 0.1) is 10.1 Å². The zero-order valence-electron chi connectivity index (χ0n) is 12.1. The fraction of sp³-hybridized carbons (Fsp3) is 0.133. The van der Waals surface area contributed by atoms with Gasteiger partial charge in [-0.05, 0) is 40.2 Å². The number of fused-ring (bicyclic) bond motifs is 1. The molecule has 3 rings (SSSR count). The number of nitro groups is 1. The highest BCUT2D eigenvalue weighted by Gasteiger charge is 2.33. The standard InChI is InChI=1S/C15H10ClN3O5/c16-10-3-1-9(2-4-10)11(20)7-18-14(21)8-24-12-5-6-13(19(22)23)17-15(12)18/h1-6H,7-8H2. The van der Waals surface area contributed by atoms with Gasteiger partial charge in [0.05, 0.1) is 6.54 Å². The van der Waals surface area contributed by atoms with Crippen LogP contribution in [0.3, 0.4) is 0 Å². The molecule has 0 fully saturated rings. The number of rotatable bonds is 4. The number of ether oxygens (including phenoxy) is 1. The van der Waals surface area contributed by atoms with Crippen molar-refractivity contribution in [3.8, 4) is 5.75 Å². The third kappa shape index (κ3) is 3.04. The van der Waals surface area contributed by atoms with E-state index in [4.69, 9.17) is 16.3 Å². The largest absolute Gasteiger partial charge is 0.477 e. The Labute approximate surface area is 140 Å². The zero-order chi connectivity index (χ0) is 17.3. The monoisotopic (exact) mass is 347 g/mol. The number of hydrogen-bond acceptors (Lipinski definition) is 6. The van der Waals surface area contributed by atoms with Crippen molar-refractivity contribution in [3.63, 3.8) is 0 Å². The molecule has 0 saturated heterocycles. The minimum atomic E-state index is -0.682. The predicted molar refractivity (Wildman–Crippen MR) is 84.5 cm³/mol. The van der Waals surface area contributed by atoms with Crippen LogP contribution in [0.4, 0.5) is 11.6 Å². The third-order valence-electron chi connectivity index (χ3n) is 3.39. The van der Waals surface area contributed by atoms with Crippen LogP contribution in [0.2, 0.25) is 5.02 Å². The topological polar surface area (TPSA) is 103 Å². The predicted octanol–water partition coefficient (Wildman–Crippen LogP) is 2.25. The highest BCUT2D eigenvalue weighted by atomic mass is 35.5.